The Hall–Kier alpha value is -2.90. The molecule has 138 valence electrons. The fourth-order valence-electron chi connectivity index (χ4n) is 3.54. The minimum absolute atomic E-state index is 0.00192. The number of carbonyl (C=O) groups is 4. The third-order valence-electron chi connectivity index (χ3n) is 4.84. The predicted molar refractivity (Wildman–Crippen MR) is 92.5 cm³/mol. The smallest absolute Gasteiger partial charge is 0.325 e. The summed E-state index contributed by atoms with van der Waals surface area (Å²) in [6, 6.07) is 6.33. The molecule has 4 amide bonds. The minimum atomic E-state index is -0.890. The molecule has 3 rings (SSSR count). The zero-order valence-electron chi connectivity index (χ0n) is 14.3. The molecule has 0 unspecified atom stereocenters. The van der Waals surface area contributed by atoms with Crippen LogP contribution in [0.1, 0.15) is 37.7 Å². The number of hydrogen-bond acceptors (Lipinski definition) is 4. The maximum Gasteiger partial charge on any atom is 0.325 e. The van der Waals surface area contributed by atoms with E-state index in [9.17, 15) is 19.2 Å². The van der Waals surface area contributed by atoms with Crippen LogP contribution in [0.3, 0.4) is 0 Å². The Kier molecular flexibility index (Phi) is 4.92. The molecule has 1 aliphatic carbocycles. The number of nitrogens with one attached hydrogen (secondary N) is 2. The fraction of sp³-hybridized carbons (Fsp3) is 0.444. The number of carboxylic acids is 1. The number of carbonyl (C=O) groups excluding carboxylic acids is 3. The maximum absolute atomic E-state index is 12.5. The lowest BCUT2D eigenvalue weighted by atomic mass is 9.98. The SMILES string of the molecule is O=C(O)CCc1cccc(NC(=O)CN2C(=O)NC3(CCCC3)C2=O)c1. The molecule has 0 bridgehead atoms. The van der Waals surface area contributed by atoms with Crippen LogP contribution in [0.5, 0.6) is 0 Å². The number of aryl methyl sites for hydroxylation is 1. The first-order chi connectivity index (χ1) is 12.4. The van der Waals surface area contributed by atoms with Crippen molar-refractivity contribution in [3.63, 3.8) is 0 Å². The molecule has 1 aromatic carbocycles. The monoisotopic (exact) mass is 359 g/mol. The highest BCUT2D eigenvalue weighted by atomic mass is 16.4. The van der Waals surface area contributed by atoms with E-state index in [0.717, 1.165) is 23.3 Å². The summed E-state index contributed by atoms with van der Waals surface area (Å²) < 4.78 is 0. The number of carboxylic acid groups (broad SMARTS) is 1. The zero-order chi connectivity index (χ0) is 18.7. The van der Waals surface area contributed by atoms with Crippen molar-refractivity contribution in [2.24, 2.45) is 0 Å². The molecule has 2 aliphatic rings. The molecule has 1 aliphatic heterocycles. The number of nitrogens with zero attached hydrogens (tertiary/aromatic N) is 1. The third-order valence-corrected chi connectivity index (χ3v) is 4.84. The highest BCUT2D eigenvalue weighted by Crippen LogP contribution is 2.34. The first-order valence-corrected chi connectivity index (χ1v) is 8.64. The molecule has 0 radical (unpaired) electrons. The molecule has 1 saturated carbocycles. The minimum Gasteiger partial charge on any atom is -0.481 e. The van der Waals surface area contributed by atoms with E-state index in [1.807, 2.05) is 0 Å². The molecule has 8 heteroatoms. The van der Waals surface area contributed by atoms with Gasteiger partial charge in [-0.25, -0.2) is 4.79 Å². The van der Waals surface area contributed by atoms with Gasteiger partial charge in [-0.05, 0) is 37.0 Å². The number of benzene rings is 1. The van der Waals surface area contributed by atoms with Gasteiger partial charge in [0.2, 0.25) is 5.91 Å². The van der Waals surface area contributed by atoms with Crippen LogP contribution < -0.4 is 10.6 Å². The van der Waals surface area contributed by atoms with Crippen LogP contribution in [0.4, 0.5) is 10.5 Å². The number of imide groups is 1. The Labute approximate surface area is 150 Å². The van der Waals surface area contributed by atoms with Crippen LogP contribution in [0.15, 0.2) is 24.3 Å². The van der Waals surface area contributed by atoms with Crippen molar-refractivity contribution in [3.05, 3.63) is 29.8 Å². The van der Waals surface area contributed by atoms with E-state index in [4.69, 9.17) is 5.11 Å². The number of amides is 4. The molecule has 8 nitrogen and oxygen atoms in total. The second-order valence-corrected chi connectivity index (χ2v) is 6.75. The highest BCUT2D eigenvalue weighted by molar-refractivity contribution is 6.10. The predicted octanol–water partition coefficient (Wildman–Crippen LogP) is 1.51. The summed E-state index contributed by atoms with van der Waals surface area (Å²) in [5.74, 6) is -1.69. The Morgan fingerprint density at radius 3 is 2.65 bits per heavy atom. The summed E-state index contributed by atoms with van der Waals surface area (Å²) in [6.45, 7) is -0.341. The quantitative estimate of drug-likeness (QED) is 0.666. The van der Waals surface area contributed by atoms with Gasteiger partial charge < -0.3 is 15.7 Å². The van der Waals surface area contributed by atoms with Gasteiger partial charge in [0, 0.05) is 12.1 Å². The van der Waals surface area contributed by atoms with Crippen molar-refractivity contribution in [3.8, 4) is 0 Å². The normalized spacial score (nSPS) is 18.2. The molecule has 1 heterocycles. The summed E-state index contributed by atoms with van der Waals surface area (Å²) in [5.41, 5.74) is 0.458. The van der Waals surface area contributed by atoms with Gasteiger partial charge >= 0.3 is 12.0 Å². The molecule has 0 atom stereocenters. The largest absolute Gasteiger partial charge is 0.481 e. The van der Waals surface area contributed by atoms with Crippen LogP contribution in [0.2, 0.25) is 0 Å². The molecule has 26 heavy (non-hydrogen) atoms. The summed E-state index contributed by atoms with van der Waals surface area (Å²) in [5, 5.41) is 14.1. The molecular weight excluding hydrogens is 338 g/mol. The number of hydrogen-bond donors (Lipinski definition) is 3. The molecule has 1 saturated heterocycles. The van der Waals surface area contributed by atoms with Crippen molar-refractivity contribution in [2.45, 2.75) is 44.1 Å². The average Bonchev–Trinajstić information content (AvgIpc) is 3.14. The highest BCUT2D eigenvalue weighted by Gasteiger charge is 2.52. The van der Waals surface area contributed by atoms with E-state index in [2.05, 4.69) is 10.6 Å². The Bertz CT molecular complexity index is 755. The summed E-state index contributed by atoms with van der Waals surface area (Å²) in [4.78, 5) is 48.5. The van der Waals surface area contributed by atoms with Crippen molar-refractivity contribution in [1.29, 1.82) is 0 Å². The van der Waals surface area contributed by atoms with Gasteiger partial charge in [-0.1, -0.05) is 25.0 Å². The van der Waals surface area contributed by atoms with Gasteiger partial charge in [0.25, 0.3) is 5.91 Å². The molecule has 0 aromatic heterocycles. The van der Waals surface area contributed by atoms with Crippen molar-refractivity contribution in [2.75, 3.05) is 11.9 Å². The number of aliphatic carboxylic acids is 1. The average molecular weight is 359 g/mol. The van der Waals surface area contributed by atoms with E-state index >= 15 is 0 Å². The van der Waals surface area contributed by atoms with Crippen molar-refractivity contribution >= 4 is 29.5 Å². The van der Waals surface area contributed by atoms with Gasteiger partial charge in [0.15, 0.2) is 0 Å². The Morgan fingerprint density at radius 2 is 1.96 bits per heavy atom. The van der Waals surface area contributed by atoms with Crippen molar-refractivity contribution in [1.82, 2.24) is 10.2 Å². The lowest BCUT2D eigenvalue weighted by Crippen LogP contribution is -2.44. The summed E-state index contributed by atoms with van der Waals surface area (Å²) in [6.07, 6.45) is 3.35. The van der Waals surface area contributed by atoms with Gasteiger partial charge in [-0.3, -0.25) is 19.3 Å². The van der Waals surface area contributed by atoms with Crippen LogP contribution in [0, 0.1) is 0 Å². The Morgan fingerprint density at radius 1 is 1.23 bits per heavy atom. The first kappa shape index (κ1) is 17.9. The van der Waals surface area contributed by atoms with Crippen LogP contribution in [0.25, 0.3) is 0 Å². The molecule has 3 N–H and O–H groups in total. The van der Waals surface area contributed by atoms with E-state index in [0.29, 0.717) is 24.9 Å². The van der Waals surface area contributed by atoms with E-state index in [-0.39, 0.29) is 18.9 Å². The second kappa shape index (κ2) is 7.15. The summed E-state index contributed by atoms with van der Waals surface area (Å²) >= 11 is 0. The van der Waals surface area contributed by atoms with E-state index < -0.39 is 23.4 Å². The first-order valence-electron chi connectivity index (χ1n) is 8.64. The Balaban J connectivity index is 1.60. The number of rotatable bonds is 6. The van der Waals surface area contributed by atoms with Crippen LogP contribution in [-0.4, -0.2) is 45.9 Å². The molecule has 2 fully saturated rings. The zero-order valence-corrected chi connectivity index (χ0v) is 14.3. The van der Waals surface area contributed by atoms with Gasteiger partial charge in [0.1, 0.15) is 12.1 Å². The summed E-state index contributed by atoms with van der Waals surface area (Å²) in [7, 11) is 0. The van der Waals surface area contributed by atoms with Gasteiger partial charge in [-0.2, -0.15) is 0 Å². The lowest BCUT2D eigenvalue weighted by Gasteiger charge is -2.19. The number of urea groups is 1. The fourth-order valence-corrected chi connectivity index (χ4v) is 3.54. The molecular formula is C18H21N3O5. The maximum atomic E-state index is 12.5. The number of anilines is 1. The lowest BCUT2D eigenvalue weighted by molar-refractivity contribution is -0.137. The van der Waals surface area contributed by atoms with E-state index in [1.54, 1.807) is 24.3 Å². The molecule has 1 spiro atoms. The van der Waals surface area contributed by atoms with Gasteiger partial charge in [0.05, 0.1) is 0 Å². The van der Waals surface area contributed by atoms with E-state index in [1.165, 1.54) is 0 Å². The van der Waals surface area contributed by atoms with Crippen molar-refractivity contribution < 1.29 is 24.3 Å². The topological polar surface area (TPSA) is 116 Å². The van der Waals surface area contributed by atoms with Crippen LogP contribution >= 0.6 is 0 Å². The van der Waals surface area contributed by atoms with Crippen LogP contribution in [-0.2, 0) is 20.8 Å². The standard InChI is InChI=1S/C18H21N3O5/c22-14(19-13-5-3-4-12(10-13)6-7-15(23)24)11-21-16(25)18(20-17(21)26)8-1-2-9-18/h3-5,10H,1-2,6-9,11H2,(H,19,22)(H,20,26)(H,23,24). The second-order valence-electron chi connectivity index (χ2n) is 6.75. The van der Waals surface area contributed by atoms with Gasteiger partial charge in [-0.15, -0.1) is 0 Å². The molecule has 1 aromatic rings. The third kappa shape index (κ3) is 3.68.